The minimum absolute atomic E-state index is 0.00688. The normalized spacial score (nSPS) is 15.0. The van der Waals surface area contributed by atoms with Crippen LogP contribution in [0.2, 0.25) is 5.02 Å². The first-order chi connectivity index (χ1) is 14.0. The number of nitrogens with zero attached hydrogens (tertiary/aromatic N) is 2. The Bertz CT molecular complexity index is 844. The van der Waals surface area contributed by atoms with Gasteiger partial charge in [-0.2, -0.15) is 0 Å². The highest BCUT2D eigenvalue weighted by atomic mass is 35.5. The van der Waals surface area contributed by atoms with E-state index in [-0.39, 0.29) is 42.2 Å². The lowest BCUT2D eigenvalue weighted by Crippen LogP contribution is -2.37. The summed E-state index contributed by atoms with van der Waals surface area (Å²) in [5.41, 5.74) is 1.73. The Labute approximate surface area is 175 Å². The third-order valence-corrected chi connectivity index (χ3v) is 5.21. The Morgan fingerprint density at radius 1 is 1.00 bits per heavy atom. The number of phenolic OH excluding ortho intramolecular Hbond substituents is 1. The molecule has 0 aromatic heterocycles. The average molecular weight is 417 g/mol. The van der Waals surface area contributed by atoms with Gasteiger partial charge in [0.05, 0.1) is 18.0 Å². The highest BCUT2D eigenvalue weighted by Gasteiger charge is 2.21. The number of hydrogen-bond acceptors (Lipinski definition) is 5. The van der Waals surface area contributed by atoms with Crippen LogP contribution in [-0.4, -0.2) is 59.5 Å². The zero-order chi connectivity index (χ0) is 20.6. The van der Waals surface area contributed by atoms with Crippen LogP contribution in [0.3, 0.4) is 0 Å². The van der Waals surface area contributed by atoms with Gasteiger partial charge in [-0.05, 0) is 29.7 Å². The molecule has 3 rings (SSSR count). The van der Waals surface area contributed by atoms with Crippen LogP contribution in [0.25, 0.3) is 0 Å². The Morgan fingerprint density at radius 2 is 1.79 bits per heavy atom. The molecule has 0 aliphatic carbocycles. The lowest BCUT2D eigenvalue weighted by molar-refractivity contribution is -0.146. The van der Waals surface area contributed by atoms with Gasteiger partial charge in [-0.1, -0.05) is 48.0 Å². The van der Waals surface area contributed by atoms with Crippen LogP contribution >= 0.6 is 11.6 Å². The van der Waals surface area contributed by atoms with E-state index in [0.717, 1.165) is 24.1 Å². The predicted octanol–water partition coefficient (Wildman–Crippen LogP) is 2.87. The van der Waals surface area contributed by atoms with Gasteiger partial charge < -0.3 is 14.7 Å². The summed E-state index contributed by atoms with van der Waals surface area (Å²) in [6, 6.07) is 14.4. The third kappa shape index (κ3) is 6.48. The number of esters is 1. The van der Waals surface area contributed by atoms with Crippen LogP contribution in [0.1, 0.15) is 17.5 Å². The van der Waals surface area contributed by atoms with Gasteiger partial charge in [-0.25, -0.2) is 0 Å². The van der Waals surface area contributed by atoms with Crippen molar-refractivity contribution < 1.29 is 19.4 Å². The number of rotatable bonds is 6. The molecule has 1 heterocycles. The number of phenols is 1. The highest BCUT2D eigenvalue weighted by Crippen LogP contribution is 2.24. The molecular weight excluding hydrogens is 392 g/mol. The molecule has 154 valence electrons. The summed E-state index contributed by atoms with van der Waals surface area (Å²) in [6.45, 7) is 3.09. The van der Waals surface area contributed by atoms with E-state index in [4.69, 9.17) is 16.3 Å². The molecule has 0 unspecified atom stereocenters. The molecule has 1 aliphatic heterocycles. The van der Waals surface area contributed by atoms with Gasteiger partial charge in [-0.3, -0.25) is 14.5 Å². The fourth-order valence-corrected chi connectivity index (χ4v) is 3.49. The van der Waals surface area contributed by atoms with Crippen molar-refractivity contribution in [3.05, 3.63) is 64.7 Å². The molecule has 7 heteroatoms. The third-order valence-electron chi connectivity index (χ3n) is 4.90. The molecule has 0 saturated carbocycles. The van der Waals surface area contributed by atoms with Crippen molar-refractivity contribution >= 4 is 23.5 Å². The van der Waals surface area contributed by atoms with Crippen molar-refractivity contribution in [1.29, 1.82) is 0 Å². The summed E-state index contributed by atoms with van der Waals surface area (Å²) in [4.78, 5) is 28.6. The van der Waals surface area contributed by atoms with E-state index in [1.165, 1.54) is 6.07 Å². The molecule has 29 heavy (non-hydrogen) atoms. The number of benzene rings is 2. The Balaban J connectivity index is 1.44. The number of carbonyl (C=O) groups is 2. The summed E-state index contributed by atoms with van der Waals surface area (Å²) in [6.07, 6.45) is 1.03. The monoisotopic (exact) mass is 416 g/mol. The summed E-state index contributed by atoms with van der Waals surface area (Å²) in [7, 11) is 0. The van der Waals surface area contributed by atoms with Crippen molar-refractivity contribution in [2.45, 2.75) is 19.4 Å². The molecule has 1 aliphatic rings. The molecule has 1 fully saturated rings. The van der Waals surface area contributed by atoms with Crippen molar-refractivity contribution in [3.63, 3.8) is 0 Å². The largest absolute Gasteiger partial charge is 0.506 e. The number of amides is 1. The van der Waals surface area contributed by atoms with E-state index in [9.17, 15) is 14.7 Å². The molecule has 1 N–H and O–H groups in total. The molecule has 2 aromatic carbocycles. The van der Waals surface area contributed by atoms with Crippen LogP contribution in [0.4, 0.5) is 0 Å². The first kappa shape index (κ1) is 21.1. The number of hydrogen-bond donors (Lipinski definition) is 1. The molecule has 6 nitrogen and oxygen atoms in total. The zero-order valence-corrected chi connectivity index (χ0v) is 17.0. The quantitative estimate of drug-likeness (QED) is 0.733. The Morgan fingerprint density at radius 3 is 2.55 bits per heavy atom. The SMILES string of the molecule is O=C(CN1CCCN(C(=O)Cc2ccc(O)c(Cl)c2)CC1)OCc1ccccc1. The molecule has 1 saturated heterocycles. The lowest BCUT2D eigenvalue weighted by atomic mass is 10.1. The van der Waals surface area contributed by atoms with E-state index in [1.54, 1.807) is 12.1 Å². The first-order valence-corrected chi connectivity index (χ1v) is 10.1. The van der Waals surface area contributed by atoms with Crippen LogP contribution < -0.4 is 0 Å². The summed E-state index contributed by atoms with van der Waals surface area (Å²) in [5.74, 6) is -0.236. The molecule has 0 spiro atoms. The minimum atomic E-state index is -0.257. The second-order valence-electron chi connectivity index (χ2n) is 7.12. The van der Waals surface area contributed by atoms with E-state index in [0.29, 0.717) is 19.6 Å². The lowest BCUT2D eigenvalue weighted by Gasteiger charge is -2.21. The summed E-state index contributed by atoms with van der Waals surface area (Å²) < 4.78 is 5.35. The van der Waals surface area contributed by atoms with Crippen LogP contribution in [0.15, 0.2) is 48.5 Å². The number of ether oxygens (including phenoxy) is 1. The number of aromatic hydroxyl groups is 1. The van der Waals surface area contributed by atoms with Gasteiger partial charge in [0, 0.05) is 26.2 Å². The van der Waals surface area contributed by atoms with E-state index < -0.39 is 0 Å². The van der Waals surface area contributed by atoms with Gasteiger partial charge >= 0.3 is 5.97 Å². The van der Waals surface area contributed by atoms with Crippen LogP contribution in [-0.2, 0) is 27.4 Å². The maximum atomic E-state index is 12.6. The molecule has 2 aromatic rings. The highest BCUT2D eigenvalue weighted by molar-refractivity contribution is 6.32. The minimum Gasteiger partial charge on any atom is -0.506 e. The Kier molecular flexibility index (Phi) is 7.49. The second-order valence-corrected chi connectivity index (χ2v) is 7.53. The van der Waals surface area contributed by atoms with Crippen molar-refractivity contribution in [2.24, 2.45) is 0 Å². The maximum Gasteiger partial charge on any atom is 0.320 e. The smallest absolute Gasteiger partial charge is 0.320 e. The average Bonchev–Trinajstić information content (AvgIpc) is 2.96. The van der Waals surface area contributed by atoms with E-state index in [1.807, 2.05) is 40.1 Å². The fourth-order valence-electron chi connectivity index (χ4n) is 3.29. The van der Waals surface area contributed by atoms with Gasteiger partial charge in [0.25, 0.3) is 0 Å². The van der Waals surface area contributed by atoms with Crippen LogP contribution in [0, 0.1) is 0 Å². The second kappa shape index (κ2) is 10.3. The molecule has 0 radical (unpaired) electrons. The molecule has 1 amide bonds. The number of carbonyl (C=O) groups excluding carboxylic acids is 2. The number of halogens is 1. The van der Waals surface area contributed by atoms with Gasteiger partial charge in [0.2, 0.25) is 5.91 Å². The standard InChI is InChI=1S/C22H25ClN2O4/c23-19-13-18(7-8-20(19)26)14-21(27)25-10-4-9-24(11-12-25)15-22(28)29-16-17-5-2-1-3-6-17/h1-3,5-8,13,26H,4,9-12,14-16H2. The predicted molar refractivity (Wildman–Crippen MR) is 111 cm³/mol. The first-order valence-electron chi connectivity index (χ1n) is 9.68. The zero-order valence-electron chi connectivity index (χ0n) is 16.2. The fraction of sp³-hybridized carbons (Fsp3) is 0.364. The van der Waals surface area contributed by atoms with Gasteiger partial charge in [0.15, 0.2) is 0 Å². The molecule has 0 atom stereocenters. The topological polar surface area (TPSA) is 70.1 Å². The Hall–Kier alpha value is -2.57. The van der Waals surface area contributed by atoms with Crippen molar-refractivity contribution in [1.82, 2.24) is 9.80 Å². The van der Waals surface area contributed by atoms with Crippen molar-refractivity contribution in [3.8, 4) is 5.75 Å². The van der Waals surface area contributed by atoms with Gasteiger partial charge in [-0.15, -0.1) is 0 Å². The van der Waals surface area contributed by atoms with Gasteiger partial charge in [0.1, 0.15) is 12.4 Å². The maximum absolute atomic E-state index is 12.6. The van der Waals surface area contributed by atoms with Crippen molar-refractivity contribution in [2.75, 3.05) is 32.7 Å². The summed E-state index contributed by atoms with van der Waals surface area (Å²) >= 11 is 5.92. The molecular formula is C22H25ClN2O4. The molecule has 0 bridgehead atoms. The van der Waals surface area contributed by atoms with E-state index in [2.05, 4.69) is 0 Å². The van der Waals surface area contributed by atoms with E-state index >= 15 is 0 Å². The van der Waals surface area contributed by atoms with Crippen LogP contribution in [0.5, 0.6) is 5.75 Å². The summed E-state index contributed by atoms with van der Waals surface area (Å²) in [5, 5.41) is 9.74.